The number of anilines is 1. The van der Waals surface area contributed by atoms with Crippen LogP contribution in [0, 0.1) is 0 Å². The van der Waals surface area contributed by atoms with E-state index in [-0.39, 0.29) is 17.5 Å². The van der Waals surface area contributed by atoms with Gasteiger partial charge in [-0.3, -0.25) is 24.2 Å². The maximum Gasteiger partial charge on any atom is 0.278 e. The highest BCUT2D eigenvalue weighted by Gasteiger charge is 2.30. The van der Waals surface area contributed by atoms with Crippen molar-refractivity contribution in [1.82, 2.24) is 29.6 Å². The van der Waals surface area contributed by atoms with Gasteiger partial charge in [0.1, 0.15) is 5.52 Å². The molecule has 0 saturated carbocycles. The molecule has 0 spiro atoms. The summed E-state index contributed by atoms with van der Waals surface area (Å²) < 4.78 is 1.67. The summed E-state index contributed by atoms with van der Waals surface area (Å²) in [5.74, 6) is 0.251. The molecule has 1 unspecified atom stereocenters. The highest BCUT2D eigenvalue weighted by atomic mass is 35.5. The number of hydrogen-bond acceptors (Lipinski definition) is 6. The van der Waals surface area contributed by atoms with Crippen molar-refractivity contribution in [3.05, 3.63) is 80.4 Å². The molecule has 2 N–H and O–H groups in total. The summed E-state index contributed by atoms with van der Waals surface area (Å²) in [4.78, 5) is 38.6. The van der Waals surface area contributed by atoms with Crippen LogP contribution < -0.4 is 10.9 Å². The van der Waals surface area contributed by atoms with Crippen LogP contribution in [0.5, 0.6) is 0 Å². The molecule has 9 nitrogen and oxygen atoms in total. The molecule has 0 aliphatic carbocycles. The lowest BCUT2D eigenvalue weighted by molar-refractivity contribution is 0.0787. The predicted octanol–water partition coefficient (Wildman–Crippen LogP) is 3.52. The number of benzene rings is 1. The first kappa shape index (κ1) is 21.4. The molecule has 1 saturated heterocycles. The van der Waals surface area contributed by atoms with E-state index in [0.717, 1.165) is 5.56 Å². The van der Waals surface area contributed by atoms with Gasteiger partial charge in [-0.2, -0.15) is 5.10 Å². The lowest BCUT2D eigenvalue weighted by Gasteiger charge is -2.16. The first-order valence-corrected chi connectivity index (χ1v) is 11.1. The highest BCUT2D eigenvalue weighted by Crippen LogP contribution is 2.25. The zero-order chi connectivity index (χ0) is 22.9. The first-order valence-electron chi connectivity index (χ1n) is 10.3. The minimum atomic E-state index is -0.300. The second-order valence-corrected chi connectivity index (χ2v) is 8.59. The number of carbonyl (C=O) groups is 1. The summed E-state index contributed by atoms with van der Waals surface area (Å²) >= 11 is 12.0. The normalized spacial score (nSPS) is 15.8. The summed E-state index contributed by atoms with van der Waals surface area (Å²) in [6.45, 7) is 1.45. The van der Waals surface area contributed by atoms with Crippen LogP contribution >= 0.6 is 23.2 Å². The van der Waals surface area contributed by atoms with Crippen LogP contribution in [0.25, 0.3) is 11.0 Å². The topological polar surface area (TPSA) is 109 Å². The smallest absolute Gasteiger partial charge is 0.278 e. The van der Waals surface area contributed by atoms with Gasteiger partial charge in [0, 0.05) is 32.0 Å². The Morgan fingerprint density at radius 1 is 1.21 bits per heavy atom. The second-order valence-electron chi connectivity index (χ2n) is 7.77. The SMILES string of the molecule is O=C(c1cccnc1)N1CCC(n2ncc3nc(NCc4ccc(Cl)c(Cl)c4)[nH]c(=O)c32)C1. The molecule has 1 fully saturated rings. The van der Waals surface area contributed by atoms with Gasteiger partial charge in [0.25, 0.3) is 11.5 Å². The number of carbonyl (C=O) groups excluding carboxylic acids is 1. The Labute approximate surface area is 198 Å². The lowest BCUT2D eigenvalue weighted by atomic mass is 10.2. The van der Waals surface area contributed by atoms with Crippen LogP contribution in [0.15, 0.2) is 53.7 Å². The van der Waals surface area contributed by atoms with E-state index in [1.54, 1.807) is 52.4 Å². The number of nitrogens with zero attached hydrogens (tertiary/aromatic N) is 5. The maximum absolute atomic E-state index is 12.9. The Balaban J connectivity index is 1.33. The van der Waals surface area contributed by atoms with Crippen LogP contribution in [0.1, 0.15) is 28.4 Å². The predicted molar refractivity (Wildman–Crippen MR) is 126 cm³/mol. The molecular weight excluding hydrogens is 465 g/mol. The Bertz CT molecular complexity index is 1390. The molecule has 3 aromatic heterocycles. The third kappa shape index (κ3) is 4.29. The number of hydrogen-bond donors (Lipinski definition) is 2. The molecule has 1 aliphatic heterocycles. The van der Waals surface area contributed by atoms with E-state index in [4.69, 9.17) is 23.2 Å². The zero-order valence-corrected chi connectivity index (χ0v) is 18.8. The van der Waals surface area contributed by atoms with Gasteiger partial charge in [-0.15, -0.1) is 0 Å². The molecule has 33 heavy (non-hydrogen) atoms. The number of amides is 1. The van der Waals surface area contributed by atoms with Gasteiger partial charge in [0.05, 0.1) is 27.8 Å². The molecule has 0 bridgehead atoms. The average Bonchev–Trinajstić information content (AvgIpc) is 3.47. The lowest BCUT2D eigenvalue weighted by Crippen LogP contribution is -2.29. The van der Waals surface area contributed by atoms with E-state index in [0.29, 0.717) is 58.6 Å². The Morgan fingerprint density at radius 2 is 2.09 bits per heavy atom. The largest absolute Gasteiger partial charge is 0.352 e. The number of pyridine rings is 1. The highest BCUT2D eigenvalue weighted by molar-refractivity contribution is 6.42. The monoisotopic (exact) mass is 483 g/mol. The molecule has 4 aromatic rings. The van der Waals surface area contributed by atoms with Gasteiger partial charge in [-0.1, -0.05) is 29.3 Å². The number of rotatable bonds is 5. The molecule has 11 heteroatoms. The molecule has 1 amide bonds. The molecule has 5 rings (SSSR count). The number of likely N-dealkylation sites (tertiary alicyclic amines) is 1. The summed E-state index contributed by atoms with van der Waals surface area (Å²) in [6.07, 6.45) is 5.45. The van der Waals surface area contributed by atoms with Crippen LogP contribution in [-0.4, -0.2) is 48.6 Å². The van der Waals surface area contributed by atoms with Gasteiger partial charge in [0.2, 0.25) is 5.95 Å². The first-order chi connectivity index (χ1) is 16.0. The molecule has 4 heterocycles. The number of halogens is 2. The standard InChI is InChI=1S/C22H19Cl2N7O2/c23-16-4-3-13(8-17(16)24)9-26-22-28-18-11-27-31(19(18)20(32)29-22)15-5-7-30(12-15)21(33)14-2-1-6-25-10-14/h1-4,6,8,10-11,15H,5,7,9,12H2,(H2,26,28,29,32). The minimum absolute atomic E-state index is 0.0807. The van der Waals surface area contributed by atoms with Crippen LogP contribution in [0.3, 0.4) is 0 Å². The van der Waals surface area contributed by atoms with Crippen LogP contribution in [0.2, 0.25) is 10.0 Å². The van der Waals surface area contributed by atoms with Crippen molar-refractivity contribution in [3.63, 3.8) is 0 Å². The van der Waals surface area contributed by atoms with Crippen molar-refractivity contribution in [1.29, 1.82) is 0 Å². The number of fused-ring (bicyclic) bond motifs is 1. The molecule has 168 valence electrons. The van der Waals surface area contributed by atoms with E-state index < -0.39 is 0 Å². The van der Waals surface area contributed by atoms with Crippen molar-refractivity contribution in [3.8, 4) is 0 Å². The van der Waals surface area contributed by atoms with E-state index in [1.807, 2.05) is 6.07 Å². The number of H-pyrrole nitrogens is 1. The number of aromatic amines is 1. The van der Waals surface area contributed by atoms with Gasteiger partial charge in [0.15, 0.2) is 5.52 Å². The third-order valence-electron chi connectivity index (χ3n) is 5.60. The Kier molecular flexibility index (Phi) is 5.74. The fraction of sp³-hybridized carbons (Fsp3) is 0.227. The fourth-order valence-corrected chi connectivity index (χ4v) is 4.28. The van der Waals surface area contributed by atoms with E-state index in [1.165, 1.54) is 0 Å². The summed E-state index contributed by atoms with van der Waals surface area (Å²) in [6, 6.07) is 8.68. The van der Waals surface area contributed by atoms with Crippen molar-refractivity contribution >= 4 is 46.1 Å². The summed E-state index contributed by atoms with van der Waals surface area (Å²) in [7, 11) is 0. The molecule has 1 aliphatic rings. The average molecular weight is 484 g/mol. The van der Waals surface area contributed by atoms with Crippen LogP contribution in [-0.2, 0) is 6.54 Å². The van der Waals surface area contributed by atoms with E-state index in [9.17, 15) is 9.59 Å². The van der Waals surface area contributed by atoms with Gasteiger partial charge >= 0.3 is 0 Å². The van der Waals surface area contributed by atoms with E-state index >= 15 is 0 Å². The maximum atomic E-state index is 12.9. The van der Waals surface area contributed by atoms with Crippen molar-refractivity contribution in [2.45, 2.75) is 19.0 Å². The van der Waals surface area contributed by atoms with Crippen molar-refractivity contribution in [2.75, 3.05) is 18.4 Å². The van der Waals surface area contributed by atoms with Crippen LogP contribution in [0.4, 0.5) is 5.95 Å². The number of nitrogens with one attached hydrogen (secondary N) is 2. The third-order valence-corrected chi connectivity index (χ3v) is 6.34. The summed E-state index contributed by atoms with van der Waals surface area (Å²) in [5, 5.41) is 8.44. The summed E-state index contributed by atoms with van der Waals surface area (Å²) in [5.41, 5.74) is 2.00. The molecule has 0 radical (unpaired) electrons. The second kappa shape index (κ2) is 8.84. The molecule has 1 aromatic carbocycles. The number of aromatic nitrogens is 5. The van der Waals surface area contributed by atoms with Gasteiger partial charge in [-0.05, 0) is 36.2 Å². The zero-order valence-electron chi connectivity index (χ0n) is 17.3. The Morgan fingerprint density at radius 3 is 2.88 bits per heavy atom. The quantitative estimate of drug-likeness (QED) is 0.449. The Hall–Kier alpha value is -3.43. The van der Waals surface area contributed by atoms with Gasteiger partial charge < -0.3 is 10.2 Å². The van der Waals surface area contributed by atoms with Gasteiger partial charge in [-0.25, -0.2) is 4.98 Å². The molecular formula is C22H19Cl2N7O2. The molecule has 1 atom stereocenters. The minimum Gasteiger partial charge on any atom is -0.352 e. The fourth-order valence-electron chi connectivity index (χ4n) is 3.96. The van der Waals surface area contributed by atoms with Crippen molar-refractivity contribution in [2.24, 2.45) is 0 Å². The van der Waals surface area contributed by atoms with E-state index in [2.05, 4.69) is 25.4 Å². The van der Waals surface area contributed by atoms with Crippen molar-refractivity contribution < 1.29 is 4.79 Å².